The Balaban J connectivity index is 2.30. The summed E-state index contributed by atoms with van der Waals surface area (Å²) in [5.74, 6) is 0. The summed E-state index contributed by atoms with van der Waals surface area (Å²) in [4.78, 5) is 0. The molecule has 22 valence electrons. The molecule has 0 radical (unpaired) electrons. The van der Waals surface area contributed by atoms with Gasteiger partial charge in [0.2, 0.25) is 0 Å². The molecule has 3 heteroatoms. The molecule has 0 aliphatic carbocycles. The summed E-state index contributed by atoms with van der Waals surface area (Å²) < 4.78 is 3.97. The van der Waals surface area contributed by atoms with Crippen molar-refractivity contribution in [2.45, 2.75) is 0 Å². The second-order valence-corrected chi connectivity index (χ2v) is 0.341. The van der Waals surface area contributed by atoms with E-state index >= 15 is 0 Å². The third-order valence-corrected chi connectivity index (χ3v) is 0.105. The molecular weight excluding hydrogens is 52.8 g/mol. The van der Waals surface area contributed by atoms with E-state index in [1.54, 1.807) is 0 Å². The Morgan fingerprint density at radius 1 is 2.00 bits per heavy atom. The van der Waals surface area contributed by atoms with Crippen LogP contribution in [0, 0.1) is 0 Å². The van der Waals surface area contributed by atoms with E-state index in [2.05, 4.69) is 4.65 Å². The molecule has 2 nitrogen and oxygen atoms in total. The molecule has 0 atom stereocenters. The molecule has 0 aromatic carbocycles. The summed E-state index contributed by atoms with van der Waals surface area (Å²) in [6.07, 6.45) is 0. The third-order valence-electron chi connectivity index (χ3n) is 0.105. The molecule has 0 N–H and O–H groups in total. The average molecular weight is 55.9 g/mol. The molecule has 0 rings (SSSR count). The van der Waals surface area contributed by atoms with Crippen LogP contribution in [0.5, 0.6) is 0 Å². The summed E-state index contributed by atoms with van der Waals surface area (Å²) in [5.41, 5.74) is 0. The molecule has 4 heavy (non-hydrogen) atoms. The van der Waals surface area contributed by atoms with Crippen LogP contribution in [0.15, 0.2) is 0 Å². The van der Waals surface area contributed by atoms with Gasteiger partial charge in [-0.1, -0.05) is 0 Å². The Kier molecular flexibility index (Phi) is 2.44. The van der Waals surface area contributed by atoms with Crippen molar-refractivity contribution in [3.05, 3.63) is 5.31 Å². The molecule has 0 saturated carbocycles. The van der Waals surface area contributed by atoms with Crippen LogP contribution in [-0.4, -0.2) is 14.4 Å². The molecule has 0 saturated heterocycles. The van der Waals surface area contributed by atoms with Crippen molar-refractivity contribution in [2.75, 3.05) is 7.11 Å². The fourth-order valence-corrected chi connectivity index (χ4v) is 0. The van der Waals surface area contributed by atoms with Gasteiger partial charge in [0, 0.05) is 0 Å². The summed E-state index contributed by atoms with van der Waals surface area (Å²) in [6.45, 7) is 0. The van der Waals surface area contributed by atoms with E-state index in [4.69, 9.17) is 5.31 Å². The fourth-order valence-electron chi connectivity index (χ4n) is 0. The Morgan fingerprint density at radius 3 is 2.25 bits per heavy atom. The minimum absolute atomic E-state index is 0.625. The van der Waals surface area contributed by atoms with Crippen molar-refractivity contribution in [3.63, 3.8) is 0 Å². The molecule has 0 fully saturated rings. The molecule has 0 aliphatic heterocycles. The van der Waals surface area contributed by atoms with Crippen LogP contribution in [0.3, 0.4) is 0 Å². The first kappa shape index (κ1) is 3.66. The summed E-state index contributed by atoms with van der Waals surface area (Å²) >= 11 is 0. The van der Waals surface area contributed by atoms with Gasteiger partial charge in [0.05, 0.1) is 0 Å². The van der Waals surface area contributed by atoms with Gasteiger partial charge in [-0.15, -0.1) is 0 Å². The van der Waals surface area contributed by atoms with Gasteiger partial charge in [-0.3, -0.25) is 0 Å². The summed E-state index contributed by atoms with van der Waals surface area (Å²) in [7, 11) is 2.00. The molecule has 0 aromatic heterocycles. The van der Waals surface area contributed by atoms with Crippen LogP contribution in [0.25, 0.3) is 5.31 Å². The zero-order chi connectivity index (χ0) is 3.41. The maximum atomic E-state index is 7.53. The molecule has 0 spiro atoms. The SMILES string of the molecule is COB=[N-]. The Hall–Kier alpha value is -0.335. The van der Waals surface area contributed by atoms with Crippen LogP contribution >= 0.6 is 0 Å². The first-order valence-corrected chi connectivity index (χ1v) is 0.902. The van der Waals surface area contributed by atoms with Crippen molar-refractivity contribution >= 4 is 7.27 Å². The summed E-state index contributed by atoms with van der Waals surface area (Å²) in [6, 6.07) is 0. The van der Waals surface area contributed by atoms with E-state index in [0.29, 0.717) is 7.27 Å². The van der Waals surface area contributed by atoms with E-state index in [9.17, 15) is 0 Å². The molecule has 0 aromatic rings. The van der Waals surface area contributed by atoms with Gasteiger partial charge in [-0.25, -0.2) is 0 Å². The third kappa shape index (κ3) is 1.66. The Morgan fingerprint density at radius 2 is 2.25 bits per heavy atom. The Labute approximate surface area is 25.6 Å². The molecule has 0 heterocycles. The first-order chi connectivity index (χ1) is 1.91. The normalized spacial score (nSPS) is 4.25. The molecule has 0 aliphatic rings. The van der Waals surface area contributed by atoms with Crippen molar-refractivity contribution in [1.29, 1.82) is 0 Å². The average Bonchev–Trinajstić information content (AvgIpc) is 1.37. The van der Waals surface area contributed by atoms with E-state index in [0.717, 1.165) is 0 Å². The predicted octanol–water partition coefficient (Wildman–Crippen LogP) is 0.00500. The maximum absolute atomic E-state index is 7.53. The molecule has 0 unspecified atom stereocenters. The standard InChI is InChI=1S/CH3BNO/c1-4-2-3/h1H3/q-1. The van der Waals surface area contributed by atoms with Crippen molar-refractivity contribution < 1.29 is 4.65 Å². The number of nitrogens with zero attached hydrogens (tertiary/aromatic N) is 1. The first-order valence-electron chi connectivity index (χ1n) is 0.902. The van der Waals surface area contributed by atoms with Gasteiger partial charge in [0.15, 0.2) is 0 Å². The fraction of sp³-hybridized carbons (Fsp3) is 1.00. The van der Waals surface area contributed by atoms with E-state index in [1.165, 1.54) is 7.11 Å². The van der Waals surface area contributed by atoms with Gasteiger partial charge in [-0.05, 0) is 0 Å². The van der Waals surface area contributed by atoms with Gasteiger partial charge in [-0.2, -0.15) is 0 Å². The van der Waals surface area contributed by atoms with Crippen LogP contribution in [0.4, 0.5) is 0 Å². The minimum atomic E-state index is 0.625. The number of hydrogen-bond donors (Lipinski definition) is 0. The zero-order valence-electron chi connectivity index (χ0n) is 2.43. The second-order valence-electron chi connectivity index (χ2n) is 0.341. The van der Waals surface area contributed by atoms with E-state index in [1.807, 2.05) is 0 Å². The van der Waals surface area contributed by atoms with Crippen molar-refractivity contribution in [1.82, 2.24) is 0 Å². The molecule has 0 bridgehead atoms. The number of rotatable bonds is 1. The predicted molar refractivity (Wildman–Crippen MR) is 16.1 cm³/mol. The summed E-state index contributed by atoms with van der Waals surface area (Å²) in [5, 5.41) is 7.53. The van der Waals surface area contributed by atoms with Gasteiger partial charge in [0.1, 0.15) is 0 Å². The van der Waals surface area contributed by atoms with Crippen molar-refractivity contribution in [2.24, 2.45) is 0 Å². The second kappa shape index (κ2) is 2.66. The van der Waals surface area contributed by atoms with Crippen LogP contribution in [-0.2, 0) is 4.65 Å². The zero-order valence-corrected chi connectivity index (χ0v) is 2.43. The van der Waals surface area contributed by atoms with E-state index in [-0.39, 0.29) is 0 Å². The van der Waals surface area contributed by atoms with Crippen LogP contribution in [0.1, 0.15) is 0 Å². The van der Waals surface area contributed by atoms with Crippen molar-refractivity contribution in [3.8, 4) is 0 Å². The van der Waals surface area contributed by atoms with Crippen LogP contribution in [0.2, 0.25) is 0 Å². The number of hydrogen-bond acceptors (Lipinski definition) is 1. The van der Waals surface area contributed by atoms with E-state index < -0.39 is 0 Å². The Bertz CT molecular complexity index is 22.0. The van der Waals surface area contributed by atoms with Gasteiger partial charge < -0.3 is 0 Å². The molecular formula is CH3BNO-. The molecule has 0 amide bonds. The topological polar surface area (TPSA) is 31.5 Å². The van der Waals surface area contributed by atoms with Crippen LogP contribution < -0.4 is 0 Å². The monoisotopic (exact) mass is 56.0 g/mol. The quantitative estimate of drug-likeness (QED) is 0.389. The van der Waals surface area contributed by atoms with Gasteiger partial charge >= 0.3 is 24.4 Å². The van der Waals surface area contributed by atoms with Gasteiger partial charge in [0.25, 0.3) is 0 Å².